The third-order valence-corrected chi connectivity index (χ3v) is 15.4. The first kappa shape index (κ1) is 61.4. The van der Waals surface area contributed by atoms with Gasteiger partial charge in [-0.15, -0.1) is 0 Å². The molecule has 2 aromatic heterocycles. The number of hydrazone groups is 1. The van der Waals surface area contributed by atoms with Gasteiger partial charge in [0, 0.05) is 23.9 Å². The van der Waals surface area contributed by atoms with E-state index in [0.717, 1.165) is 73.7 Å². The van der Waals surface area contributed by atoms with E-state index in [9.17, 15) is 28.8 Å². The molecule has 0 atom stereocenters. The largest absolute Gasteiger partial charge is 0.494 e. The molecule has 0 saturated heterocycles. The van der Waals surface area contributed by atoms with Crippen LogP contribution in [0.2, 0.25) is 0 Å². The summed E-state index contributed by atoms with van der Waals surface area (Å²) in [7, 11) is 0. The van der Waals surface area contributed by atoms with E-state index in [1.165, 1.54) is 17.6 Å². The van der Waals surface area contributed by atoms with Crippen molar-refractivity contribution in [2.45, 2.75) is 103 Å². The second-order valence-corrected chi connectivity index (χ2v) is 21.4. The van der Waals surface area contributed by atoms with Gasteiger partial charge in [-0.25, -0.2) is 19.6 Å². The lowest BCUT2D eigenvalue weighted by Crippen LogP contribution is -2.30. The van der Waals surface area contributed by atoms with Crippen LogP contribution in [0.5, 0.6) is 34.5 Å². The summed E-state index contributed by atoms with van der Waals surface area (Å²) in [6, 6.07) is 31.7. The molecule has 0 bridgehead atoms. The number of nitrogens with zero attached hydrogens (tertiary/aromatic N) is 4. The smallest absolute Gasteiger partial charge is 0.330 e. The van der Waals surface area contributed by atoms with Gasteiger partial charge in [-0.05, 0) is 194 Å². The molecule has 0 radical (unpaired) electrons. The van der Waals surface area contributed by atoms with Gasteiger partial charge in [0.25, 0.3) is 0 Å². The van der Waals surface area contributed by atoms with Gasteiger partial charge in [0.15, 0.2) is 5.82 Å². The molecular formula is C65H70N4O14S. The maximum Gasteiger partial charge on any atom is 0.330 e. The first-order chi connectivity index (χ1) is 41.0. The number of benzene rings is 4. The summed E-state index contributed by atoms with van der Waals surface area (Å²) in [5, 5.41) is 6.97. The topological polar surface area (TPSA) is 218 Å². The fourth-order valence-electron chi connectivity index (χ4n) is 9.63. The Morgan fingerprint density at radius 2 is 0.952 bits per heavy atom. The first-order valence-corrected chi connectivity index (χ1v) is 29.5. The van der Waals surface area contributed by atoms with Crippen molar-refractivity contribution in [3.05, 3.63) is 146 Å². The van der Waals surface area contributed by atoms with E-state index >= 15 is 0 Å². The number of esters is 6. The molecule has 0 amide bonds. The van der Waals surface area contributed by atoms with Crippen LogP contribution in [-0.4, -0.2) is 78.4 Å². The molecule has 8 rings (SSSR count). The summed E-state index contributed by atoms with van der Waals surface area (Å²) < 4.78 is 46.2. The Bertz CT molecular complexity index is 3150. The lowest BCUT2D eigenvalue weighted by atomic mass is 9.82. The third-order valence-electron chi connectivity index (χ3n) is 14.4. The number of unbranched alkanes of at least 4 members (excludes halogenated alkanes) is 6. The molecule has 2 aliphatic carbocycles. The number of anilines is 2. The van der Waals surface area contributed by atoms with E-state index in [1.807, 2.05) is 30.3 Å². The zero-order valence-corrected chi connectivity index (χ0v) is 47.8. The highest BCUT2D eigenvalue weighted by Crippen LogP contribution is 2.37. The predicted octanol–water partition coefficient (Wildman–Crippen LogP) is 12.8. The van der Waals surface area contributed by atoms with Gasteiger partial charge in [0.2, 0.25) is 5.13 Å². The van der Waals surface area contributed by atoms with Gasteiger partial charge in [0.05, 0.1) is 66.5 Å². The molecule has 2 saturated carbocycles. The number of aromatic nitrogens is 2. The van der Waals surface area contributed by atoms with Crippen molar-refractivity contribution in [3.63, 3.8) is 0 Å². The van der Waals surface area contributed by atoms with Gasteiger partial charge in [-0.1, -0.05) is 42.7 Å². The maximum absolute atomic E-state index is 14.0. The van der Waals surface area contributed by atoms with E-state index in [4.69, 9.17) is 48.0 Å². The van der Waals surface area contributed by atoms with Gasteiger partial charge >= 0.3 is 35.8 Å². The minimum Gasteiger partial charge on any atom is -0.494 e. The van der Waals surface area contributed by atoms with E-state index in [2.05, 4.69) is 18.1 Å². The summed E-state index contributed by atoms with van der Waals surface area (Å²) >= 11 is 1.43. The number of hydrogen-bond donors (Lipinski definition) is 0. The average Bonchev–Trinajstić information content (AvgIpc) is 4.03. The van der Waals surface area contributed by atoms with Crippen LogP contribution in [0.15, 0.2) is 146 Å². The zero-order chi connectivity index (χ0) is 58.9. The van der Waals surface area contributed by atoms with Crippen LogP contribution < -0.4 is 33.4 Å². The molecule has 19 heteroatoms. The van der Waals surface area contributed by atoms with Gasteiger partial charge in [-0.2, -0.15) is 10.1 Å². The minimum atomic E-state index is -0.496. The Morgan fingerprint density at radius 3 is 1.43 bits per heavy atom. The van der Waals surface area contributed by atoms with Crippen molar-refractivity contribution in [2.75, 3.05) is 31.4 Å². The highest BCUT2D eigenvalue weighted by Gasteiger charge is 2.34. The van der Waals surface area contributed by atoms with E-state index < -0.39 is 47.5 Å². The molecule has 2 fully saturated rings. The molecule has 0 N–H and O–H groups in total. The van der Waals surface area contributed by atoms with E-state index in [0.29, 0.717) is 117 Å². The summed E-state index contributed by atoms with van der Waals surface area (Å²) in [5.41, 5.74) is 1.13. The quantitative estimate of drug-likeness (QED) is 0.0102. The molecule has 4 aromatic carbocycles. The van der Waals surface area contributed by atoms with E-state index in [-0.39, 0.29) is 23.4 Å². The number of hydrogen-bond acceptors (Lipinski definition) is 19. The molecule has 440 valence electrons. The van der Waals surface area contributed by atoms with Crippen molar-refractivity contribution in [1.82, 2.24) is 9.97 Å². The van der Waals surface area contributed by atoms with Gasteiger partial charge < -0.3 is 37.9 Å². The van der Waals surface area contributed by atoms with Gasteiger partial charge in [0.1, 0.15) is 34.5 Å². The maximum atomic E-state index is 14.0. The van der Waals surface area contributed by atoms with Crippen LogP contribution in [-0.2, 0) is 38.2 Å². The van der Waals surface area contributed by atoms with Crippen LogP contribution in [0.1, 0.15) is 108 Å². The van der Waals surface area contributed by atoms with Crippen LogP contribution in [0.4, 0.5) is 10.9 Å². The fraction of sp³-hybridized carbons (Fsp3) is 0.369. The number of rotatable bonds is 30. The Hall–Kier alpha value is -8.71. The molecule has 0 aliphatic heterocycles. The number of thiazole rings is 1. The summed E-state index contributed by atoms with van der Waals surface area (Å²) in [6.07, 6.45) is 15.7. The van der Waals surface area contributed by atoms with Crippen LogP contribution in [0, 0.1) is 23.7 Å². The molecule has 0 unspecified atom stereocenters. The molecule has 0 spiro atoms. The predicted molar refractivity (Wildman–Crippen MR) is 317 cm³/mol. The monoisotopic (exact) mass is 1160 g/mol. The summed E-state index contributed by atoms with van der Waals surface area (Å²) in [6.45, 7) is 8.56. The zero-order valence-electron chi connectivity index (χ0n) is 47.0. The number of para-hydroxylation sites is 1. The van der Waals surface area contributed by atoms with Crippen molar-refractivity contribution < 1.29 is 66.7 Å². The molecule has 2 heterocycles. The second-order valence-electron chi connectivity index (χ2n) is 20.4. The average molecular weight is 1160 g/mol. The first-order valence-electron chi connectivity index (χ1n) is 28.7. The number of ether oxygens (including phenoxy) is 8. The highest BCUT2D eigenvalue weighted by molar-refractivity contribution is 7.22. The van der Waals surface area contributed by atoms with Crippen LogP contribution in [0.3, 0.4) is 0 Å². The van der Waals surface area contributed by atoms with Crippen molar-refractivity contribution in [2.24, 2.45) is 28.8 Å². The number of pyridine rings is 1. The number of carbonyl (C=O) groups is 6. The number of carbonyl (C=O) groups excluding carboxylic acids is 6. The van der Waals surface area contributed by atoms with E-state index in [1.54, 1.807) is 90.1 Å². The van der Waals surface area contributed by atoms with Crippen molar-refractivity contribution >= 4 is 74.5 Å². The molecule has 2 aliphatic rings. The molecular weight excluding hydrogens is 1090 g/mol. The van der Waals surface area contributed by atoms with Gasteiger partial charge in [-0.3, -0.25) is 19.2 Å². The Labute approximate surface area is 492 Å². The second kappa shape index (κ2) is 32.2. The summed E-state index contributed by atoms with van der Waals surface area (Å²) in [5.74, 6) is -1.26. The third kappa shape index (κ3) is 18.9. The minimum absolute atomic E-state index is 0.182. The lowest BCUT2D eigenvalue weighted by molar-refractivity contribution is -0.145. The number of fused-ring (bicyclic) bond motifs is 1. The fourth-order valence-corrected chi connectivity index (χ4v) is 10.6. The standard InChI is InChI=1S/C65H70N4O14S/c1-3-59(70)78-41-15-7-5-13-39-76-50-28-32-52(33-29-50)80-61(72)45-20-22-47(23-21-45)63(74)82-54-36-37-56(49(43-54)44-67-69(58-19-11-12-38-66-58)65-68-55-17-9-10-18-57(55)84-65)83-64(75)48-26-24-46(25-27-48)62(73)81-53-34-30-51(31-35-53)77-40-14-6-8-16-42-79-60(71)4-2/h3-4,9-12,17-19,28-38,43-48H,1-2,5-8,13-16,20-27,39-42H2/b67-44-. The Balaban J connectivity index is 0.840. The Kier molecular flexibility index (Phi) is 23.5. The highest BCUT2D eigenvalue weighted by atomic mass is 32.1. The van der Waals surface area contributed by atoms with Crippen LogP contribution in [0.25, 0.3) is 10.2 Å². The Morgan fingerprint density at radius 1 is 0.512 bits per heavy atom. The lowest BCUT2D eigenvalue weighted by Gasteiger charge is -2.26. The van der Waals surface area contributed by atoms with Crippen molar-refractivity contribution in [1.29, 1.82) is 0 Å². The van der Waals surface area contributed by atoms with Crippen LogP contribution >= 0.6 is 11.3 Å². The normalized spacial score (nSPS) is 16.6. The van der Waals surface area contributed by atoms with Crippen molar-refractivity contribution in [3.8, 4) is 34.5 Å². The SMILES string of the molecule is C=CC(=O)OCCCCCCOc1ccc(OC(=O)C2CCC(C(=O)Oc3ccc(OC(=O)C4CCC(C(=O)Oc5ccc(OCCCCCCOC(=O)C=C)cc5)CC4)c(/C=N\N(c4ccccn4)c4nc5ccccc5s4)c3)CC2)cc1. The molecule has 6 aromatic rings. The summed E-state index contributed by atoms with van der Waals surface area (Å²) in [4.78, 5) is 86.0. The molecule has 84 heavy (non-hydrogen) atoms. The molecule has 18 nitrogen and oxygen atoms in total.